The summed E-state index contributed by atoms with van der Waals surface area (Å²) >= 11 is 6.18. The Balaban J connectivity index is 2.68. The monoisotopic (exact) mass is 293 g/mol. The van der Waals surface area contributed by atoms with Crippen LogP contribution in [0.3, 0.4) is 0 Å². The molecule has 3 N–H and O–H groups in total. The summed E-state index contributed by atoms with van der Waals surface area (Å²) in [6.45, 7) is 6.64. The number of nitrogens with zero attached hydrogens (tertiary/aromatic N) is 1. The second-order valence-electron chi connectivity index (χ2n) is 5.85. The number of aromatic nitrogens is 2. The van der Waals surface area contributed by atoms with E-state index in [1.807, 2.05) is 18.2 Å². The summed E-state index contributed by atoms with van der Waals surface area (Å²) in [4.78, 5) is 12.6. The third kappa shape index (κ3) is 2.67. The van der Waals surface area contributed by atoms with Crippen molar-refractivity contribution in [3.8, 4) is 5.69 Å². The zero-order chi connectivity index (χ0) is 14.9. The van der Waals surface area contributed by atoms with Gasteiger partial charge in [-0.15, -0.1) is 0 Å². The van der Waals surface area contributed by atoms with Gasteiger partial charge in [0.2, 0.25) is 0 Å². The lowest BCUT2D eigenvalue weighted by Gasteiger charge is -2.18. The Morgan fingerprint density at radius 1 is 1.30 bits per heavy atom. The second kappa shape index (κ2) is 5.46. The molecule has 1 aromatic carbocycles. The molecule has 0 amide bonds. The van der Waals surface area contributed by atoms with Gasteiger partial charge >= 0.3 is 0 Å². The Labute approximate surface area is 123 Å². The van der Waals surface area contributed by atoms with Crippen molar-refractivity contribution in [3.63, 3.8) is 0 Å². The zero-order valence-electron chi connectivity index (χ0n) is 12.0. The van der Waals surface area contributed by atoms with Gasteiger partial charge in [0.05, 0.1) is 10.7 Å². The molecule has 4 nitrogen and oxygen atoms in total. The standard InChI is InChI=1S/C15H20ClN3O/c1-15(2,3)13-10(8-9-17)14(20)19(18-13)12-7-5-4-6-11(12)16/h4-7,18H,8-9,17H2,1-3H3. The highest BCUT2D eigenvalue weighted by molar-refractivity contribution is 6.32. The molecule has 0 aliphatic rings. The van der Waals surface area contributed by atoms with Crippen molar-refractivity contribution in [2.75, 3.05) is 6.54 Å². The minimum atomic E-state index is -0.157. The first-order chi connectivity index (χ1) is 9.36. The third-order valence-electron chi connectivity index (χ3n) is 3.22. The molecule has 0 saturated heterocycles. The van der Waals surface area contributed by atoms with Crippen molar-refractivity contribution in [2.45, 2.75) is 32.6 Å². The lowest BCUT2D eigenvalue weighted by atomic mass is 9.89. The minimum Gasteiger partial charge on any atom is -0.330 e. The molecule has 0 aliphatic carbocycles. The van der Waals surface area contributed by atoms with Crippen molar-refractivity contribution in [1.82, 2.24) is 9.78 Å². The van der Waals surface area contributed by atoms with E-state index in [-0.39, 0.29) is 11.0 Å². The molecule has 0 atom stereocenters. The number of nitrogens with one attached hydrogen (secondary N) is 1. The summed E-state index contributed by atoms with van der Waals surface area (Å²) in [5, 5.41) is 3.73. The summed E-state index contributed by atoms with van der Waals surface area (Å²) in [6, 6.07) is 7.28. The minimum absolute atomic E-state index is 0.0755. The number of halogens is 1. The molecule has 108 valence electrons. The van der Waals surface area contributed by atoms with Crippen molar-refractivity contribution < 1.29 is 0 Å². The van der Waals surface area contributed by atoms with Crippen LogP contribution in [0.5, 0.6) is 0 Å². The molecule has 2 rings (SSSR count). The van der Waals surface area contributed by atoms with Gasteiger partial charge in [-0.25, -0.2) is 4.68 Å². The highest BCUT2D eigenvalue weighted by Gasteiger charge is 2.24. The molecular weight excluding hydrogens is 274 g/mol. The van der Waals surface area contributed by atoms with E-state index >= 15 is 0 Å². The largest absolute Gasteiger partial charge is 0.330 e. The summed E-state index contributed by atoms with van der Waals surface area (Å²) in [5.41, 5.74) is 7.71. The number of H-pyrrole nitrogens is 1. The van der Waals surface area contributed by atoms with Gasteiger partial charge in [-0.05, 0) is 25.1 Å². The Kier molecular flexibility index (Phi) is 4.06. The number of benzene rings is 1. The fourth-order valence-electron chi connectivity index (χ4n) is 2.27. The van der Waals surface area contributed by atoms with Crippen molar-refractivity contribution in [1.29, 1.82) is 0 Å². The predicted molar refractivity (Wildman–Crippen MR) is 82.9 cm³/mol. The van der Waals surface area contributed by atoms with E-state index in [0.29, 0.717) is 23.7 Å². The molecule has 0 fully saturated rings. The number of hydrogen-bond acceptors (Lipinski definition) is 2. The molecule has 1 heterocycles. The van der Waals surface area contributed by atoms with Gasteiger partial charge < -0.3 is 5.73 Å². The molecule has 1 aromatic heterocycles. The van der Waals surface area contributed by atoms with Crippen molar-refractivity contribution >= 4 is 11.6 Å². The maximum Gasteiger partial charge on any atom is 0.274 e. The molecule has 2 aromatic rings. The Morgan fingerprint density at radius 3 is 2.50 bits per heavy atom. The maximum atomic E-state index is 12.6. The van der Waals surface area contributed by atoms with E-state index in [0.717, 1.165) is 11.3 Å². The number of nitrogens with two attached hydrogens (primary N) is 1. The number of hydrogen-bond donors (Lipinski definition) is 2. The molecule has 0 radical (unpaired) electrons. The lowest BCUT2D eigenvalue weighted by molar-refractivity contribution is 0.554. The first-order valence-electron chi connectivity index (χ1n) is 6.65. The Bertz CT molecular complexity index is 664. The van der Waals surface area contributed by atoms with E-state index < -0.39 is 0 Å². The molecular formula is C15H20ClN3O. The molecule has 0 saturated carbocycles. The topological polar surface area (TPSA) is 63.8 Å². The number of aromatic amines is 1. The summed E-state index contributed by atoms with van der Waals surface area (Å²) in [6.07, 6.45) is 0.555. The van der Waals surface area contributed by atoms with Gasteiger partial charge in [-0.1, -0.05) is 44.5 Å². The fourth-order valence-corrected chi connectivity index (χ4v) is 2.49. The Hall–Kier alpha value is -1.52. The first kappa shape index (κ1) is 14.9. The van der Waals surface area contributed by atoms with E-state index in [9.17, 15) is 4.79 Å². The average molecular weight is 294 g/mol. The molecule has 20 heavy (non-hydrogen) atoms. The lowest BCUT2D eigenvalue weighted by Crippen LogP contribution is -2.21. The van der Waals surface area contributed by atoms with Gasteiger partial charge in [-0.3, -0.25) is 9.89 Å². The molecule has 5 heteroatoms. The van der Waals surface area contributed by atoms with Crippen LogP contribution in [0.4, 0.5) is 0 Å². The van der Waals surface area contributed by atoms with Crippen LogP contribution in [0.1, 0.15) is 32.0 Å². The van der Waals surface area contributed by atoms with Crippen molar-refractivity contribution in [3.05, 3.63) is 50.9 Å². The zero-order valence-corrected chi connectivity index (χ0v) is 12.8. The molecule has 0 aliphatic heterocycles. The number of rotatable bonds is 3. The highest BCUT2D eigenvalue weighted by Crippen LogP contribution is 2.25. The van der Waals surface area contributed by atoms with Crippen LogP contribution in [-0.2, 0) is 11.8 Å². The normalized spacial score (nSPS) is 11.8. The summed E-state index contributed by atoms with van der Waals surface area (Å²) in [7, 11) is 0. The van der Waals surface area contributed by atoms with E-state index in [1.165, 1.54) is 4.68 Å². The third-order valence-corrected chi connectivity index (χ3v) is 3.54. The van der Waals surface area contributed by atoms with Crippen LogP contribution in [0.15, 0.2) is 29.1 Å². The predicted octanol–water partition coefficient (Wildman–Crippen LogP) is 2.62. The van der Waals surface area contributed by atoms with E-state index in [4.69, 9.17) is 17.3 Å². The van der Waals surface area contributed by atoms with Crippen LogP contribution in [-0.4, -0.2) is 16.3 Å². The second-order valence-corrected chi connectivity index (χ2v) is 6.25. The van der Waals surface area contributed by atoms with Gasteiger partial charge in [0.15, 0.2) is 0 Å². The first-order valence-corrected chi connectivity index (χ1v) is 7.03. The SMILES string of the molecule is CC(C)(C)c1[nH]n(-c2ccccc2Cl)c(=O)c1CCN. The molecule has 0 bridgehead atoms. The van der Waals surface area contributed by atoms with Crippen LogP contribution in [0.25, 0.3) is 5.69 Å². The van der Waals surface area contributed by atoms with E-state index in [1.54, 1.807) is 6.07 Å². The highest BCUT2D eigenvalue weighted by atomic mass is 35.5. The van der Waals surface area contributed by atoms with Crippen molar-refractivity contribution in [2.24, 2.45) is 5.73 Å². The summed E-state index contributed by atoms with van der Waals surface area (Å²) < 4.78 is 1.51. The average Bonchev–Trinajstić information content (AvgIpc) is 2.68. The van der Waals surface area contributed by atoms with Crippen LogP contribution >= 0.6 is 11.6 Å². The molecule has 0 spiro atoms. The summed E-state index contributed by atoms with van der Waals surface area (Å²) in [5.74, 6) is 0. The quantitative estimate of drug-likeness (QED) is 0.914. The van der Waals surface area contributed by atoms with E-state index in [2.05, 4.69) is 25.9 Å². The Morgan fingerprint density at radius 2 is 1.95 bits per heavy atom. The van der Waals surface area contributed by atoms with Gasteiger partial charge in [-0.2, -0.15) is 0 Å². The van der Waals surface area contributed by atoms with Crippen LogP contribution < -0.4 is 11.3 Å². The smallest absolute Gasteiger partial charge is 0.274 e. The van der Waals surface area contributed by atoms with Gasteiger partial charge in [0.1, 0.15) is 0 Å². The van der Waals surface area contributed by atoms with Crippen LogP contribution in [0, 0.1) is 0 Å². The van der Waals surface area contributed by atoms with Crippen LogP contribution in [0.2, 0.25) is 5.02 Å². The maximum absolute atomic E-state index is 12.6. The van der Waals surface area contributed by atoms with Gasteiger partial charge in [0.25, 0.3) is 5.56 Å². The fraction of sp³-hybridized carbons (Fsp3) is 0.400. The van der Waals surface area contributed by atoms with Gasteiger partial charge in [0, 0.05) is 16.7 Å². The molecule has 0 unspecified atom stereocenters. The number of para-hydroxylation sites is 1.